The van der Waals surface area contributed by atoms with Crippen LogP contribution < -0.4 is 5.32 Å². The Bertz CT molecular complexity index is 279. The van der Waals surface area contributed by atoms with Crippen molar-refractivity contribution in [2.75, 3.05) is 11.0 Å². The van der Waals surface area contributed by atoms with E-state index in [4.69, 9.17) is 9.47 Å². The lowest BCUT2D eigenvalue weighted by Crippen LogP contribution is -2.46. The predicted molar refractivity (Wildman–Crippen MR) is 80.3 cm³/mol. The Kier molecular flexibility index (Phi) is 5.70. The van der Waals surface area contributed by atoms with Gasteiger partial charge in [0, 0.05) is 4.43 Å². The van der Waals surface area contributed by atoms with Crippen molar-refractivity contribution >= 4 is 28.7 Å². The maximum absolute atomic E-state index is 11.6. The average molecular weight is 369 g/mol. The van der Waals surface area contributed by atoms with Crippen molar-refractivity contribution in [3.63, 3.8) is 0 Å². The highest BCUT2D eigenvalue weighted by molar-refractivity contribution is 14.1. The van der Waals surface area contributed by atoms with Crippen molar-refractivity contribution < 1.29 is 14.3 Å². The number of nitrogens with one attached hydrogen (secondary N) is 1. The molecule has 0 aliphatic heterocycles. The van der Waals surface area contributed by atoms with Crippen LogP contribution in [-0.2, 0) is 9.47 Å². The van der Waals surface area contributed by atoms with Gasteiger partial charge in [0.25, 0.3) is 0 Å². The molecule has 0 bridgehead atoms. The zero-order valence-electron chi connectivity index (χ0n) is 11.7. The number of hydrogen-bond donors (Lipinski definition) is 1. The van der Waals surface area contributed by atoms with Gasteiger partial charge in [0.2, 0.25) is 0 Å². The molecule has 1 atom stereocenters. The highest BCUT2D eigenvalue weighted by atomic mass is 127. The number of alkyl carbamates (subject to hydrolysis) is 1. The molecule has 1 saturated carbocycles. The van der Waals surface area contributed by atoms with E-state index in [1.54, 1.807) is 0 Å². The lowest BCUT2D eigenvalue weighted by molar-refractivity contribution is -0.0851. The molecule has 0 spiro atoms. The molecule has 18 heavy (non-hydrogen) atoms. The van der Waals surface area contributed by atoms with Gasteiger partial charge >= 0.3 is 6.09 Å². The van der Waals surface area contributed by atoms with Crippen molar-refractivity contribution in [2.24, 2.45) is 0 Å². The highest BCUT2D eigenvalue weighted by Gasteiger charge is 2.37. The van der Waals surface area contributed by atoms with E-state index in [2.05, 4.69) is 27.9 Å². The lowest BCUT2D eigenvalue weighted by Gasteiger charge is -2.41. The summed E-state index contributed by atoms with van der Waals surface area (Å²) < 4.78 is 12.1. The first-order valence-corrected chi connectivity index (χ1v) is 7.98. The number of hydrogen-bond acceptors (Lipinski definition) is 3. The van der Waals surface area contributed by atoms with Crippen LogP contribution in [0.15, 0.2) is 0 Å². The third kappa shape index (κ3) is 5.30. The van der Waals surface area contributed by atoms with Gasteiger partial charge in [-0.25, -0.2) is 4.79 Å². The molecule has 1 fully saturated rings. The molecule has 106 valence electrons. The first kappa shape index (κ1) is 16.0. The summed E-state index contributed by atoms with van der Waals surface area (Å²) in [5.41, 5.74) is -0.396. The normalized spacial score (nSPS) is 19.8. The molecule has 1 N–H and O–H groups in total. The summed E-state index contributed by atoms with van der Waals surface area (Å²) in [6, 6.07) is -0.0275. The Morgan fingerprint density at radius 3 is 2.44 bits per heavy atom. The van der Waals surface area contributed by atoms with Crippen LogP contribution in [0.25, 0.3) is 0 Å². The summed E-state index contributed by atoms with van der Waals surface area (Å²) in [7, 11) is 0. The van der Waals surface area contributed by atoms with Gasteiger partial charge in [-0.1, -0.05) is 22.6 Å². The molecule has 0 saturated heterocycles. The van der Waals surface area contributed by atoms with E-state index in [-0.39, 0.29) is 17.7 Å². The van der Waals surface area contributed by atoms with Gasteiger partial charge in [0.05, 0.1) is 18.2 Å². The Hall–Kier alpha value is -0.0400. The number of carbonyl (C=O) groups is 1. The Morgan fingerprint density at radius 1 is 1.44 bits per heavy atom. The van der Waals surface area contributed by atoms with E-state index in [9.17, 15) is 4.79 Å². The van der Waals surface area contributed by atoms with Crippen LogP contribution in [0.3, 0.4) is 0 Å². The fourth-order valence-corrected chi connectivity index (χ4v) is 2.72. The van der Waals surface area contributed by atoms with Gasteiger partial charge in [0.15, 0.2) is 0 Å². The minimum absolute atomic E-state index is 0.0275. The van der Waals surface area contributed by atoms with Crippen LogP contribution in [0.5, 0.6) is 0 Å². The number of ether oxygens (including phenoxy) is 2. The van der Waals surface area contributed by atoms with Crippen LogP contribution in [0.2, 0.25) is 0 Å². The minimum atomic E-state index is -0.456. The first-order chi connectivity index (χ1) is 8.26. The molecule has 1 aliphatic carbocycles. The lowest BCUT2D eigenvalue weighted by atomic mass is 9.82. The van der Waals surface area contributed by atoms with Crippen molar-refractivity contribution in [1.29, 1.82) is 0 Å². The van der Waals surface area contributed by atoms with Gasteiger partial charge in [-0.05, 0) is 47.0 Å². The van der Waals surface area contributed by atoms with Crippen molar-refractivity contribution in [2.45, 2.75) is 64.2 Å². The molecule has 0 aromatic rings. The molecular formula is C13H24INO3. The van der Waals surface area contributed by atoms with Crippen LogP contribution in [0, 0.1) is 0 Å². The van der Waals surface area contributed by atoms with E-state index in [1.807, 2.05) is 27.7 Å². The summed E-state index contributed by atoms with van der Waals surface area (Å²) in [6.07, 6.45) is 3.14. The smallest absolute Gasteiger partial charge is 0.407 e. The Labute approximate surface area is 123 Å². The van der Waals surface area contributed by atoms with E-state index in [0.717, 1.165) is 17.3 Å². The third-order valence-electron chi connectivity index (χ3n) is 2.91. The monoisotopic (exact) mass is 369 g/mol. The SMILES string of the molecule is C[C@@H](COC1(CI)CCC1)NC(=O)OC(C)(C)C. The molecule has 0 unspecified atom stereocenters. The van der Waals surface area contributed by atoms with Crippen LogP contribution in [-0.4, -0.2) is 34.4 Å². The van der Waals surface area contributed by atoms with Gasteiger partial charge in [-0.15, -0.1) is 0 Å². The first-order valence-electron chi connectivity index (χ1n) is 6.46. The molecule has 1 rings (SSSR count). The van der Waals surface area contributed by atoms with Crippen molar-refractivity contribution in [3.8, 4) is 0 Å². The molecule has 0 aromatic carbocycles. The van der Waals surface area contributed by atoms with Gasteiger partial charge in [-0.2, -0.15) is 0 Å². The average Bonchev–Trinajstić information content (AvgIpc) is 2.13. The molecule has 1 aliphatic rings. The molecular weight excluding hydrogens is 345 g/mol. The van der Waals surface area contributed by atoms with Crippen LogP contribution in [0.4, 0.5) is 4.79 Å². The molecule has 0 aromatic heterocycles. The quantitative estimate of drug-likeness (QED) is 0.598. The standard InChI is InChI=1S/C13H24INO3/c1-10(15-11(16)18-12(2,3)4)8-17-13(9-14)6-5-7-13/h10H,5-9H2,1-4H3,(H,15,16)/t10-/m0/s1. The molecule has 0 radical (unpaired) electrons. The summed E-state index contributed by atoms with van der Waals surface area (Å²) >= 11 is 2.37. The van der Waals surface area contributed by atoms with Crippen LogP contribution in [0.1, 0.15) is 47.0 Å². The summed E-state index contributed by atoms with van der Waals surface area (Å²) in [5, 5.41) is 2.79. The zero-order valence-corrected chi connectivity index (χ0v) is 13.9. The summed E-state index contributed by atoms with van der Waals surface area (Å²) in [5.74, 6) is 0. The fourth-order valence-electron chi connectivity index (χ4n) is 1.74. The molecule has 5 heteroatoms. The number of amides is 1. The summed E-state index contributed by atoms with van der Waals surface area (Å²) in [6.45, 7) is 8.04. The maximum atomic E-state index is 11.6. The maximum Gasteiger partial charge on any atom is 0.407 e. The van der Waals surface area contributed by atoms with E-state index in [0.29, 0.717) is 6.61 Å². The van der Waals surface area contributed by atoms with Crippen molar-refractivity contribution in [3.05, 3.63) is 0 Å². The minimum Gasteiger partial charge on any atom is -0.444 e. The second kappa shape index (κ2) is 6.41. The molecule has 1 amide bonds. The number of carbonyl (C=O) groups excluding carboxylic acids is 1. The fraction of sp³-hybridized carbons (Fsp3) is 0.923. The van der Waals surface area contributed by atoms with Gasteiger partial charge in [0.1, 0.15) is 5.60 Å². The second-order valence-corrected chi connectivity index (χ2v) is 6.79. The predicted octanol–water partition coefficient (Wildman–Crippen LogP) is 3.27. The molecule has 4 nitrogen and oxygen atoms in total. The number of rotatable bonds is 5. The number of halogens is 1. The molecule has 0 heterocycles. The summed E-state index contributed by atoms with van der Waals surface area (Å²) in [4.78, 5) is 11.6. The second-order valence-electron chi connectivity index (χ2n) is 6.03. The van der Waals surface area contributed by atoms with E-state index >= 15 is 0 Å². The Morgan fingerprint density at radius 2 is 2.06 bits per heavy atom. The van der Waals surface area contributed by atoms with E-state index in [1.165, 1.54) is 6.42 Å². The Balaban J connectivity index is 2.25. The van der Waals surface area contributed by atoms with E-state index < -0.39 is 5.60 Å². The van der Waals surface area contributed by atoms with Crippen molar-refractivity contribution in [1.82, 2.24) is 5.32 Å². The number of alkyl halides is 1. The highest BCUT2D eigenvalue weighted by Crippen LogP contribution is 2.37. The largest absolute Gasteiger partial charge is 0.444 e. The third-order valence-corrected chi connectivity index (χ3v) is 4.30. The zero-order chi connectivity index (χ0) is 13.8. The van der Waals surface area contributed by atoms with Crippen LogP contribution >= 0.6 is 22.6 Å². The topological polar surface area (TPSA) is 47.6 Å². The van der Waals surface area contributed by atoms with Gasteiger partial charge in [-0.3, -0.25) is 0 Å². The van der Waals surface area contributed by atoms with Gasteiger partial charge < -0.3 is 14.8 Å².